The molecule has 3 nitrogen and oxygen atoms in total. The van der Waals surface area contributed by atoms with E-state index in [-0.39, 0.29) is 0 Å². The Morgan fingerprint density at radius 1 is 0.750 bits per heavy atom. The third-order valence-corrected chi connectivity index (χ3v) is 6.20. The molecule has 0 saturated heterocycles. The van der Waals surface area contributed by atoms with Gasteiger partial charge in [-0.25, -0.2) is 13.1 Å². The third-order valence-electron chi connectivity index (χ3n) is 4.72. The maximum absolute atomic E-state index is 12.1. The maximum Gasteiger partial charge on any atom is 0.240 e. The highest BCUT2D eigenvalue weighted by molar-refractivity contribution is 7.89. The second-order valence-corrected chi connectivity index (χ2v) is 9.06. The van der Waals surface area contributed by atoms with Crippen molar-refractivity contribution in [2.75, 3.05) is 6.54 Å². The van der Waals surface area contributed by atoms with E-state index in [4.69, 9.17) is 0 Å². The summed E-state index contributed by atoms with van der Waals surface area (Å²) in [6, 6.07) is 8.56. The Morgan fingerprint density at radius 2 is 1.32 bits per heavy atom. The van der Waals surface area contributed by atoms with Crippen LogP contribution in [0.15, 0.2) is 59.5 Å². The molecule has 0 bridgehead atoms. The van der Waals surface area contributed by atoms with Crippen LogP contribution in [-0.4, -0.2) is 15.0 Å². The summed E-state index contributed by atoms with van der Waals surface area (Å²) >= 11 is 0. The van der Waals surface area contributed by atoms with E-state index < -0.39 is 10.0 Å². The Kier molecular flexibility index (Phi) is 14.6. The molecule has 0 radical (unpaired) electrons. The van der Waals surface area contributed by atoms with Gasteiger partial charge in [-0.15, -0.1) is 0 Å². The van der Waals surface area contributed by atoms with Crippen molar-refractivity contribution in [2.45, 2.75) is 88.9 Å². The van der Waals surface area contributed by atoms with Gasteiger partial charge in [0.15, 0.2) is 0 Å². The molecule has 1 aromatic carbocycles. The molecule has 0 aliphatic carbocycles. The van der Waals surface area contributed by atoms with Crippen LogP contribution in [0.1, 0.15) is 84.0 Å². The highest BCUT2D eigenvalue weighted by Gasteiger charge is 2.11. The topological polar surface area (TPSA) is 46.2 Å². The summed E-state index contributed by atoms with van der Waals surface area (Å²) in [5.74, 6) is 0. The second kappa shape index (κ2) is 16.6. The minimum atomic E-state index is -3.34. The van der Waals surface area contributed by atoms with E-state index in [0.29, 0.717) is 11.4 Å². The second-order valence-electron chi connectivity index (χ2n) is 7.30. The lowest BCUT2D eigenvalue weighted by molar-refractivity contribution is 0.565. The van der Waals surface area contributed by atoms with Gasteiger partial charge in [0.2, 0.25) is 10.0 Å². The molecule has 0 saturated carbocycles. The van der Waals surface area contributed by atoms with Crippen molar-refractivity contribution in [3.63, 3.8) is 0 Å². The van der Waals surface area contributed by atoms with Crippen LogP contribution in [0.4, 0.5) is 0 Å². The van der Waals surface area contributed by atoms with Crippen LogP contribution in [0.5, 0.6) is 0 Å². The summed E-state index contributed by atoms with van der Waals surface area (Å²) in [5, 5.41) is 0. The fourth-order valence-electron chi connectivity index (χ4n) is 3.00. The lowest BCUT2D eigenvalue weighted by Gasteiger charge is -2.06. The summed E-state index contributed by atoms with van der Waals surface area (Å²) < 4.78 is 26.8. The molecule has 0 aliphatic heterocycles. The number of unbranched alkanes of at least 4 members (excludes halogenated alkanes) is 9. The molecule has 28 heavy (non-hydrogen) atoms. The van der Waals surface area contributed by atoms with Gasteiger partial charge in [-0.1, -0.05) is 88.0 Å². The van der Waals surface area contributed by atoms with Crippen LogP contribution in [0.2, 0.25) is 0 Å². The number of benzene rings is 1. The van der Waals surface area contributed by atoms with Gasteiger partial charge >= 0.3 is 0 Å². The number of nitrogens with one attached hydrogen (secondary N) is 1. The number of hydrogen-bond acceptors (Lipinski definition) is 2. The number of allylic oxidation sites excluding steroid dienone is 4. The zero-order valence-electron chi connectivity index (χ0n) is 17.6. The monoisotopic (exact) mass is 405 g/mol. The highest BCUT2D eigenvalue weighted by Crippen LogP contribution is 2.10. The molecule has 1 aromatic rings. The standard InChI is InChI=1S/C24H39NO2S/c1-2-3-4-5-6-7-8-9-10-11-12-13-14-15-16-20-23-25-28(26,27)24-21-18-17-19-22-24/h6-7,9-10,17-19,21-22,25H,2-5,8,11-16,20,23H2,1H3/b7-6-,10-9-. The molecule has 0 amide bonds. The van der Waals surface area contributed by atoms with E-state index in [1.54, 1.807) is 24.3 Å². The summed E-state index contributed by atoms with van der Waals surface area (Å²) in [7, 11) is -3.34. The van der Waals surface area contributed by atoms with E-state index in [2.05, 4.69) is 35.9 Å². The van der Waals surface area contributed by atoms with Crippen LogP contribution in [0.25, 0.3) is 0 Å². The van der Waals surface area contributed by atoms with Gasteiger partial charge < -0.3 is 0 Å². The van der Waals surface area contributed by atoms with Crippen LogP contribution < -0.4 is 4.72 Å². The fourth-order valence-corrected chi connectivity index (χ4v) is 4.10. The first-order valence-electron chi connectivity index (χ1n) is 11.0. The van der Waals surface area contributed by atoms with Crippen molar-refractivity contribution >= 4 is 10.0 Å². The van der Waals surface area contributed by atoms with Crippen molar-refractivity contribution in [1.82, 2.24) is 4.72 Å². The van der Waals surface area contributed by atoms with Gasteiger partial charge in [-0.3, -0.25) is 0 Å². The summed E-state index contributed by atoms with van der Waals surface area (Å²) in [4.78, 5) is 0.343. The summed E-state index contributed by atoms with van der Waals surface area (Å²) in [6.07, 6.45) is 23.4. The predicted octanol–water partition coefficient (Wildman–Crippen LogP) is 6.78. The first-order valence-corrected chi connectivity index (χ1v) is 12.5. The minimum absolute atomic E-state index is 0.343. The van der Waals surface area contributed by atoms with Crippen LogP contribution in [0.3, 0.4) is 0 Å². The first-order chi connectivity index (χ1) is 13.7. The third kappa shape index (κ3) is 12.9. The first kappa shape index (κ1) is 24.6. The zero-order chi connectivity index (χ0) is 20.3. The smallest absolute Gasteiger partial charge is 0.211 e. The zero-order valence-corrected chi connectivity index (χ0v) is 18.4. The normalized spacial score (nSPS) is 12.3. The SMILES string of the molecule is CCCCC/C=C\C/C=C\CCCCCCCCNS(=O)(=O)c1ccccc1. The Hall–Kier alpha value is -1.39. The van der Waals surface area contributed by atoms with E-state index in [9.17, 15) is 8.42 Å². The lowest BCUT2D eigenvalue weighted by Crippen LogP contribution is -2.24. The molecule has 0 aromatic heterocycles. The molecule has 0 spiro atoms. The van der Waals surface area contributed by atoms with E-state index in [1.807, 2.05) is 6.07 Å². The van der Waals surface area contributed by atoms with Gasteiger partial charge in [0.05, 0.1) is 4.90 Å². The summed E-state index contributed by atoms with van der Waals surface area (Å²) in [5.41, 5.74) is 0. The molecule has 0 fully saturated rings. The molecular formula is C24H39NO2S. The minimum Gasteiger partial charge on any atom is -0.211 e. The van der Waals surface area contributed by atoms with E-state index in [0.717, 1.165) is 19.3 Å². The van der Waals surface area contributed by atoms with Crippen molar-refractivity contribution in [3.05, 3.63) is 54.6 Å². The number of hydrogen-bond donors (Lipinski definition) is 1. The van der Waals surface area contributed by atoms with Gasteiger partial charge in [-0.2, -0.15) is 0 Å². The number of rotatable bonds is 17. The maximum atomic E-state index is 12.1. The quantitative estimate of drug-likeness (QED) is 0.229. The van der Waals surface area contributed by atoms with Crippen LogP contribution in [0, 0.1) is 0 Å². The Bertz CT molecular complexity index is 636. The molecule has 1 N–H and O–H groups in total. The van der Waals surface area contributed by atoms with Gasteiger partial charge in [-0.05, 0) is 50.7 Å². The molecule has 0 atom stereocenters. The average molecular weight is 406 g/mol. The highest BCUT2D eigenvalue weighted by atomic mass is 32.2. The van der Waals surface area contributed by atoms with Gasteiger partial charge in [0.1, 0.15) is 0 Å². The van der Waals surface area contributed by atoms with Crippen molar-refractivity contribution in [2.24, 2.45) is 0 Å². The fraction of sp³-hybridized carbons (Fsp3) is 0.583. The largest absolute Gasteiger partial charge is 0.240 e. The predicted molar refractivity (Wildman–Crippen MR) is 121 cm³/mol. The van der Waals surface area contributed by atoms with Crippen molar-refractivity contribution < 1.29 is 8.42 Å². The molecule has 0 unspecified atom stereocenters. The van der Waals surface area contributed by atoms with Crippen molar-refractivity contribution in [1.29, 1.82) is 0 Å². The van der Waals surface area contributed by atoms with Crippen LogP contribution >= 0.6 is 0 Å². The molecule has 158 valence electrons. The summed E-state index contributed by atoms with van der Waals surface area (Å²) in [6.45, 7) is 2.76. The van der Waals surface area contributed by atoms with Gasteiger partial charge in [0.25, 0.3) is 0 Å². The van der Waals surface area contributed by atoms with Gasteiger partial charge in [0, 0.05) is 6.54 Å². The van der Waals surface area contributed by atoms with E-state index in [1.165, 1.54) is 57.8 Å². The number of sulfonamides is 1. The Morgan fingerprint density at radius 3 is 1.96 bits per heavy atom. The Balaban J connectivity index is 1.91. The average Bonchev–Trinajstić information content (AvgIpc) is 2.71. The molecule has 0 aliphatic rings. The Labute approximate surface area is 173 Å². The molecule has 1 rings (SSSR count). The van der Waals surface area contributed by atoms with Crippen LogP contribution in [-0.2, 0) is 10.0 Å². The molecule has 0 heterocycles. The molecule has 4 heteroatoms. The molecular weight excluding hydrogens is 366 g/mol. The van der Waals surface area contributed by atoms with E-state index >= 15 is 0 Å². The van der Waals surface area contributed by atoms with Crippen molar-refractivity contribution in [3.8, 4) is 0 Å². The lowest BCUT2D eigenvalue weighted by atomic mass is 10.1.